The van der Waals surface area contributed by atoms with Gasteiger partial charge in [0.1, 0.15) is 5.75 Å². The van der Waals surface area contributed by atoms with Crippen LogP contribution in [-0.4, -0.2) is 76.0 Å². The van der Waals surface area contributed by atoms with Crippen LogP contribution in [-0.2, 0) is 19.1 Å². The minimum absolute atomic E-state index is 0.153. The summed E-state index contributed by atoms with van der Waals surface area (Å²) in [7, 11) is 2.99. The van der Waals surface area contributed by atoms with Crippen LogP contribution in [0, 0.1) is 0 Å². The lowest BCUT2D eigenvalue weighted by Gasteiger charge is -2.40. The third-order valence-electron chi connectivity index (χ3n) is 8.00. The van der Waals surface area contributed by atoms with E-state index >= 15 is 0 Å². The number of dihydropyridines is 1. The van der Waals surface area contributed by atoms with Crippen LogP contribution in [0.3, 0.4) is 0 Å². The third kappa shape index (κ3) is 7.16. The van der Waals surface area contributed by atoms with Crippen molar-refractivity contribution in [1.82, 2.24) is 15.5 Å². The number of hydrogen-bond acceptors (Lipinski definition) is 9. The number of para-hydroxylation sites is 2. The second kappa shape index (κ2) is 14.8. The number of urea groups is 1. The highest BCUT2D eigenvalue weighted by molar-refractivity contribution is 6.00. The highest BCUT2D eigenvalue weighted by Crippen LogP contribution is 2.40. The largest absolute Gasteiger partial charge is 0.495 e. The van der Waals surface area contributed by atoms with E-state index < -0.39 is 17.9 Å². The van der Waals surface area contributed by atoms with Crippen LogP contribution in [0.25, 0.3) is 0 Å². The zero-order chi connectivity index (χ0) is 31.8. The molecule has 0 aliphatic carbocycles. The van der Waals surface area contributed by atoms with Gasteiger partial charge in [0.05, 0.1) is 49.7 Å². The van der Waals surface area contributed by atoms with Crippen LogP contribution in [0.4, 0.5) is 16.2 Å². The molecule has 2 aliphatic heterocycles. The average Bonchev–Trinajstić information content (AvgIpc) is 3.03. The molecule has 2 aliphatic rings. The number of carbonyl (C=O) groups is 3. The number of benzene rings is 2. The van der Waals surface area contributed by atoms with Gasteiger partial charge in [-0.3, -0.25) is 4.90 Å². The van der Waals surface area contributed by atoms with E-state index in [1.54, 1.807) is 46.1 Å². The highest BCUT2D eigenvalue weighted by Gasteiger charge is 2.38. The van der Waals surface area contributed by atoms with Crippen LogP contribution in [0.2, 0.25) is 0 Å². The van der Waals surface area contributed by atoms with Gasteiger partial charge in [0.25, 0.3) is 0 Å². The minimum Gasteiger partial charge on any atom is -0.495 e. The second-order valence-electron chi connectivity index (χ2n) is 10.7. The second-order valence-corrected chi connectivity index (χ2v) is 10.7. The van der Waals surface area contributed by atoms with Gasteiger partial charge in [-0.15, -0.1) is 0 Å². The number of nitrogens with one attached hydrogen (secondary N) is 3. The highest BCUT2D eigenvalue weighted by atomic mass is 16.5. The van der Waals surface area contributed by atoms with Gasteiger partial charge in [-0.25, -0.2) is 14.4 Å². The van der Waals surface area contributed by atoms with Gasteiger partial charge in [0, 0.05) is 43.3 Å². The number of esters is 2. The Kier molecular flexibility index (Phi) is 10.9. The zero-order valence-electron chi connectivity index (χ0n) is 26.4. The van der Waals surface area contributed by atoms with Crippen LogP contribution in [0.15, 0.2) is 71.1 Å². The SMILES string of the molecule is CCOC(=O)C1=C(C)NC(C)=C(C(=O)OC)C1c1cccc(NC(=O)NC(CC)N2CCN(c3ccccc3OC)CC2)c1. The number of ether oxygens (including phenoxy) is 3. The molecule has 1 fully saturated rings. The summed E-state index contributed by atoms with van der Waals surface area (Å²) in [5.41, 5.74) is 4.03. The molecule has 0 saturated carbocycles. The Labute approximate surface area is 259 Å². The zero-order valence-corrected chi connectivity index (χ0v) is 26.4. The Morgan fingerprint density at radius 2 is 1.61 bits per heavy atom. The molecule has 3 N–H and O–H groups in total. The Morgan fingerprint density at radius 3 is 2.25 bits per heavy atom. The van der Waals surface area contributed by atoms with Crippen molar-refractivity contribution in [2.75, 3.05) is 57.2 Å². The maximum atomic E-state index is 13.2. The maximum absolute atomic E-state index is 13.2. The summed E-state index contributed by atoms with van der Waals surface area (Å²) in [5.74, 6) is -0.969. The smallest absolute Gasteiger partial charge is 0.336 e. The van der Waals surface area contributed by atoms with E-state index in [4.69, 9.17) is 14.2 Å². The van der Waals surface area contributed by atoms with E-state index in [0.29, 0.717) is 33.8 Å². The van der Waals surface area contributed by atoms with Crippen molar-refractivity contribution in [3.63, 3.8) is 0 Å². The topological polar surface area (TPSA) is 121 Å². The number of rotatable bonds is 10. The van der Waals surface area contributed by atoms with E-state index in [1.807, 2.05) is 31.2 Å². The molecule has 236 valence electrons. The standard InChI is InChI=1S/C33H43N5O6/c1-7-27(38-18-16-37(17-19-38)25-14-9-10-15-26(25)42-5)36-33(41)35-24-13-11-12-23(20-24)30-28(31(39)43-6)21(3)34-22(4)29(30)32(40)44-8-2/h9-15,20,27,30,34H,7-8,16-19H2,1-6H3,(H2,35,36,41). The molecule has 4 rings (SSSR count). The number of piperazine rings is 1. The first-order valence-electron chi connectivity index (χ1n) is 15.0. The predicted molar refractivity (Wildman–Crippen MR) is 169 cm³/mol. The lowest BCUT2D eigenvalue weighted by Crippen LogP contribution is -2.56. The fraction of sp³-hybridized carbons (Fsp3) is 0.424. The van der Waals surface area contributed by atoms with Crippen molar-refractivity contribution in [2.45, 2.75) is 46.2 Å². The van der Waals surface area contributed by atoms with Gasteiger partial charge >= 0.3 is 18.0 Å². The molecule has 0 aromatic heterocycles. The fourth-order valence-corrected chi connectivity index (χ4v) is 5.92. The average molecular weight is 606 g/mol. The molecule has 2 unspecified atom stereocenters. The minimum atomic E-state index is -0.740. The molecule has 11 nitrogen and oxygen atoms in total. The van der Waals surface area contributed by atoms with E-state index in [1.165, 1.54) is 7.11 Å². The van der Waals surface area contributed by atoms with Crippen molar-refractivity contribution >= 4 is 29.3 Å². The van der Waals surface area contributed by atoms with Gasteiger partial charge < -0.3 is 35.1 Å². The van der Waals surface area contributed by atoms with E-state index in [2.05, 4.69) is 31.8 Å². The Balaban J connectivity index is 1.48. The number of methoxy groups -OCH3 is 2. The molecule has 0 radical (unpaired) electrons. The summed E-state index contributed by atoms with van der Waals surface area (Å²) < 4.78 is 16.0. The Morgan fingerprint density at radius 1 is 0.932 bits per heavy atom. The molecule has 0 bridgehead atoms. The number of nitrogens with zero attached hydrogens (tertiary/aromatic N) is 2. The normalized spacial score (nSPS) is 17.9. The molecule has 2 amide bonds. The van der Waals surface area contributed by atoms with Crippen molar-refractivity contribution in [3.05, 3.63) is 76.6 Å². The lowest BCUT2D eigenvalue weighted by atomic mass is 9.80. The molecule has 0 spiro atoms. The van der Waals surface area contributed by atoms with Crippen molar-refractivity contribution < 1.29 is 28.6 Å². The molecule has 2 heterocycles. The van der Waals surface area contributed by atoms with Crippen molar-refractivity contribution in [2.24, 2.45) is 0 Å². The van der Waals surface area contributed by atoms with Gasteiger partial charge in [0.15, 0.2) is 0 Å². The Hall–Kier alpha value is -4.51. The molecule has 2 aromatic carbocycles. The molecule has 44 heavy (non-hydrogen) atoms. The predicted octanol–water partition coefficient (Wildman–Crippen LogP) is 4.35. The van der Waals surface area contributed by atoms with E-state index in [9.17, 15) is 14.4 Å². The van der Waals surface area contributed by atoms with Gasteiger partial charge in [0.2, 0.25) is 0 Å². The van der Waals surface area contributed by atoms with Crippen LogP contribution in [0.1, 0.15) is 45.6 Å². The van der Waals surface area contributed by atoms with Gasteiger partial charge in [-0.05, 0) is 57.0 Å². The molecular weight excluding hydrogens is 562 g/mol. The number of anilines is 2. The summed E-state index contributed by atoms with van der Waals surface area (Å²) in [6, 6.07) is 14.8. The van der Waals surface area contributed by atoms with Gasteiger partial charge in [-0.2, -0.15) is 0 Å². The Bertz CT molecular complexity index is 1430. The van der Waals surface area contributed by atoms with E-state index in [-0.39, 0.29) is 18.8 Å². The number of amides is 2. The molecule has 2 atom stereocenters. The van der Waals surface area contributed by atoms with Crippen LogP contribution >= 0.6 is 0 Å². The quantitative estimate of drug-likeness (QED) is 0.340. The number of allylic oxidation sites excluding steroid dienone is 2. The number of carbonyl (C=O) groups excluding carboxylic acids is 3. The first-order chi connectivity index (χ1) is 21.2. The fourth-order valence-electron chi connectivity index (χ4n) is 5.92. The van der Waals surface area contributed by atoms with Crippen molar-refractivity contribution in [3.8, 4) is 5.75 Å². The third-order valence-corrected chi connectivity index (χ3v) is 8.00. The molecule has 1 saturated heterocycles. The van der Waals surface area contributed by atoms with Gasteiger partial charge in [-0.1, -0.05) is 31.2 Å². The van der Waals surface area contributed by atoms with Crippen LogP contribution < -0.4 is 25.6 Å². The summed E-state index contributed by atoms with van der Waals surface area (Å²) in [6.45, 7) is 10.7. The van der Waals surface area contributed by atoms with Crippen molar-refractivity contribution in [1.29, 1.82) is 0 Å². The first-order valence-corrected chi connectivity index (χ1v) is 15.0. The number of hydrogen-bond donors (Lipinski definition) is 3. The molecular formula is C33H43N5O6. The lowest BCUT2D eigenvalue weighted by molar-refractivity contribution is -0.139. The van der Waals surface area contributed by atoms with Crippen LogP contribution in [0.5, 0.6) is 5.75 Å². The summed E-state index contributed by atoms with van der Waals surface area (Å²) >= 11 is 0. The van der Waals surface area contributed by atoms with E-state index in [0.717, 1.165) is 44.0 Å². The maximum Gasteiger partial charge on any atom is 0.336 e. The molecule has 11 heteroatoms. The first kappa shape index (κ1) is 32.4. The summed E-state index contributed by atoms with van der Waals surface area (Å²) in [5, 5.41) is 9.17. The molecule has 2 aromatic rings. The monoisotopic (exact) mass is 605 g/mol. The summed E-state index contributed by atoms with van der Waals surface area (Å²) in [4.78, 5) is 43.8. The summed E-state index contributed by atoms with van der Waals surface area (Å²) in [6.07, 6.45) is 0.580.